The third-order valence-corrected chi connectivity index (χ3v) is 5.46. The minimum atomic E-state index is -0.144. The van der Waals surface area contributed by atoms with Gasteiger partial charge in [-0.2, -0.15) is 0 Å². The third-order valence-electron chi connectivity index (χ3n) is 5.23. The van der Waals surface area contributed by atoms with Crippen LogP contribution in [0.1, 0.15) is 31.4 Å². The molecule has 30 heavy (non-hydrogen) atoms. The molecule has 7 nitrogen and oxygen atoms in total. The van der Waals surface area contributed by atoms with Crippen LogP contribution in [0, 0.1) is 0 Å². The van der Waals surface area contributed by atoms with Gasteiger partial charge in [-0.05, 0) is 37.5 Å². The van der Waals surface area contributed by atoms with Gasteiger partial charge in [0.1, 0.15) is 6.10 Å². The van der Waals surface area contributed by atoms with E-state index in [1.807, 2.05) is 24.3 Å². The van der Waals surface area contributed by atoms with Crippen molar-refractivity contribution in [2.24, 2.45) is 4.99 Å². The van der Waals surface area contributed by atoms with Gasteiger partial charge in [-0.25, -0.2) is 0 Å². The number of aliphatic imine (C=N–C) groups is 1. The van der Waals surface area contributed by atoms with Crippen molar-refractivity contribution in [3.05, 3.63) is 34.9 Å². The minimum absolute atomic E-state index is 0. The van der Waals surface area contributed by atoms with Gasteiger partial charge in [0.05, 0.1) is 13.1 Å². The van der Waals surface area contributed by atoms with E-state index in [1.54, 1.807) is 7.11 Å². The van der Waals surface area contributed by atoms with Gasteiger partial charge >= 0.3 is 0 Å². The molecule has 0 radical (unpaired) electrons. The molecule has 168 valence electrons. The molecule has 2 aliphatic rings. The van der Waals surface area contributed by atoms with E-state index >= 15 is 0 Å². The largest absolute Gasteiger partial charge is 0.375 e. The number of guanidine groups is 1. The maximum absolute atomic E-state index is 12.0. The number of hydrogen-bond donors (Lipinski definition) is 2. The van der Waals surface area contributed by atoms with E-state index in [9.17, 15) is 4.79 Å². The lowest BCUT2D eigenvalue weighted by molar-refractivity contribution is -0.122. The van der Waals surface area contributed by atoms with Gasteiger partial charge < -0.3 is 20.3 Å². The Hall–Kier alpha value is -1.10. The van der Waals surface area contributed by atoms with Crippen molar-refractivity contribution in [3.63, 3.8) is 0 Å². The van der Waals surface area contributed by atoms with Crippen LogP contribution >= 0.6 is 35.6 Å². The summed E-state index contributed by atoms with van der Waals surface area (Å²) in [5, 5.41) is 7.14. The number of halogens is 2. The molecule has 1 atom stereocenters. The van der Waals surface area contributed by atoms with Crippen LogP contribution < -0.4 is 10.6 Å². The predicted octanol–water partition coefficient (Wildman–Crippen LogP) is 2.51. The Kier molecular flexibility index (Phi) is 10.6. The van der Waals surface area contributed by atoms with E-state index in [4.69, 9.17) is 21.3 Å². The lowest BCUT2D eigenvalue weighted by atomic mass is 10.1. The first-order valence-corrected chi connectivity index (χ1v) is 10.8. The molecular formula is C21H33ClIN5O2. The molecule has 9 heteroatoms. The molecule has 3 rings (SSSR count). The fourth-order valence-electron chi connectivity index (χ4n) is 3.44. The number of nitrogens with one attached hydrogen (secondary N) is 2. The summed E-state index contributed by atoms with van der Waals surface area (Å²) in [5.74, 6) is 1.03. The summed E-state index contributed by atoms with van der Waals surface area (Å²) in [6, 6.07) is 8.13. The maximum atomic E-state index is 12.0. The molecule has 2 N–H and O–H groups in total. The lowest BCUT2D eigenvalue weighted by Crippen LogP contribution is -2.54. The molecule has 2 fully saturated rings. The molecule has 1 aromatic rings. The SMILES string of the molecule is CCNC(=NCC(OC)c1cccc(Cl)c1)N1CCN(CC(=O)NC2CC2)CC1.I. The van der Waals surface area contributed by atoms with Crippen LogP contribution in [0.15, 0.2) is 29.3 Å². The van der Waals surface area contributed by atoms with Gasteiger partial charge in [-0.15, -0.1) is 24.0 Å². The van der Waals surface area contributed by atoms with Crippen molar-refractivity contribution < 1.29 is 9.53 Å². The van der Waals surface area contributed by atoms with Crippen molar-refractivity contribution in [2.45, 2.75) is 31.9 Å². The van der Waals surface area contributed by atoms with E-state index in [0.29, 0.717) is 24.2 Å². The van der Waals surface area contributed by atoms with Crippen molar-refractivity contribution in [1.82, 2.24) is 20.4 Å². The van der Waals surface area contributed by atoms with Gasteiger partial charge in [0, 0.05) is 50.9 Å². The summed E-state index contributed by atoms with van der Waals surface area (Å²) in [5.41, 5.74) is 1.02. The van der Waals surface area contributed by atoms with Crippen molar-refractivity contribution in [2.75, 3.05) is 52.9 Å². The Balaban J connectivity index is 0.00000320. The summed E-state index contributed by atoms with van der Waals surface area (Å²) in [4.78, 5) is 21.3. The number of ether oxygens (including phenoxy) is 1. The number of nitrogens with zero attached hydrogens (tertiary/aromatic N) is 3. The summed E-state index contributed by atoms with van der Waals surface area (Å²) < 4.78 is 5.64. The molecule has 1 amide bonds. The summed E-state index contributed by atoms with van der Waals surface area (Å²) in [6.45, 7) is 7.27. The smallest absolute Gasteiger partial charge is 0.234 e. The monoisotopic (exact) mass is 549 g/mol. The van der Waals surface area contributed by atoms with Gasteiger partial charge in [-0.1, -0.05) is 23.7 Å². The number of rotatable bonds is 8. The van der Waals surface area contributed by atoms with E-state index in [-0.39, 0.29) is 36.0 Å². The molecular weight excluding hydrogens is 517 g/mol. The average molecular weight is 550 g/mol. The highest BCUT2D eigenvalue weighted by atomic mass is 127. The van der Waals surface area contributed by atoms with Crippen molar-refractivity contribution in [3.8, 4) is 0 Å². The van der Waals surface area contributed by atoms with Crippen LogP contribution in [0.5, 0.6) is 0 Å². The highest BCUT2D eigenvalue weighted by Gasteiger charge is 2.26. The second-order valence-corrected chi connectivity index (χ2v) is 8.02. The Morgan fingerprint density at radius 1 is 1.30 bits per heavy atom. The average Bonchev–Trinajstić information content (AvgIpc) is 3.52. The normalized spacial score (nSPS) is 18.5. The highest BCUT2D eigenvalue weighted by molar-refractivity contribution is 14.0. The van der Waals surface area contributed by atoms with Gasteiger partial charge in [0.2, 0.25) is 5.91 Å². The van der Waals surface area contributed by atoms with Crippen LogP contribution in [0.25, 0.3) is 0 Å². The Bertz CT molecular complexity index is 708. The molecule has 1 heterocycles. The topological polar surface area (TPSA) is 69.2 Å². The predicted molar refractivity (Wildman–Crippen MR) is 132 cm³/mol. The standard InChI is InChI=1S/C21H32ClN5O2.HI/c1-3-23-21(24-14-19(29-2)16-5-4-6-17(22)13-16)27-11-9-26(10-12-27)15-20(28)25-18-7-8-18;/h4-6,13,18-19H,3,7-12,14-15H2,1-2H3,(H,23,24)(H,25,28);1H. The zero-order valence-electron chi connectivity index (χ0n) is 17.8. The summed E-state index contributed by atoms with van der Waals surface area (Å²) >= 11 is 6.12. The first kappa shape index (κ1) is 25.2. The molecule has 1 aliphatic carbocycles. The molecule has 0 aromatic heterocycles. The fraction of sp³-hybridized carbons (Fsp3) is 0.619. The van der Waals surface area contributed by atoms with Crippen LogP contribution in [0.4, 0.5) is 0 Å². The number of benzene rings is 1. The van der Waals surface area contributed by atoms with Crippen molar-refractivity contribution >= 4 is 47.4 Å². The Morgan fingerprint density at radius 3 is 2.63 bits per heavy atom. The van der Waals surface area contributed by atoms with Gasteiger partial charge in [0.25, 0.3) is 0 Å². The molecule has 1 saturated carbocycles. The second-order valence-electron chi connectivity index (χ2n) is 7.58. The first-order chi connectivity index (χ1) is 14.1. The zero-order valence-corrected chi connectivity index (χ0v) is 20.9. The molecule has 1 aromatic carbocycles. The quantitative estimate of drug-likeness (QED) is 0.296. The minimum Gasteiger partial charge on any atom is -0.375 e. The molecule has 0 bridgehead atoms. The van der Waals surface area contributed by atoms with Crippen LogP contribution in [0.2, 0.25) is 5.02 Å². The Labute approximate surface area is 201 Å². The van der Waals surface area contributed by atoms with Crippen LogP contribution in [-0.2, 0) is 9.53 Å². The van der Waals surface area contributed by atoms with E-state index in [0.717, 1.165) is 57.1 Å². The number of hydrogen-bond acceptors (Lipinski definition) is 4. The highest BCUT2D eigenvalue weighted by Crippen LogP contribution is 2.21. The molecule has 1 saturated heterocycles. The van der Waals surface area contributed by atoms with Crippen molar-refractivity contribution in [1.29, 1.82) is 0 Å². The van der Waals surface area contributed by atoms with E-state index < -0.39 is 0 Å². The molecule has 0 spiro atoms. The van der Waals surface area contributed by atoms with E-state index in [2.05, 4.69) is 27.4 Å². The third kappa shape index (κ3) is 7.86. The number of piperazine rings is 1. The summed E-state index contributed by atoms with van der Waals surface area (Å²) in [6.07, 6.45) is 2.11. The molecule has 1 unspecified atom stereocenters. The van der Waals surface area contributed by atoms with Crippen LogP contribution in [0.3, 0.4) is 0 Å². The fourth-order valence-corrected chi connectivity index (χ4v) is 3.64. The first-order valence-electron chi connectivity index (χ1n) is 10.4. The van der Waals surface area contributed by atoms with E-state index in [1.165, 1.54) is 0 Å². The number of methoxy groups -OCH3 is 1. The number of carbonyl (C=O) groups excluding carboxylic acids is 1. The Morgan fingerprint density at radius 2 is 2.03 bits per heavy atom. The lowest BCUT2D eigenvalue weighted by Gasteiger charge is -2.36. The number of amides is 1. The number of carbonyl (C=O) groups is 1. The zero-order chi connectivity index (χ0) is 20.6. The van der Waals surface area contributed by atoms with Gasteiger partial charge in [0.15, 0.2) is 5.96 Å². The summed E-state index contributed by atoms with van der Waals surface area (Å²) in [7, 11) is 1.69. The van der Waals surface area contributed by atoms with Crippen LogP contribution in [-0.4, -0.2) is 80.6 Å². The molecule has 1 aliphatic heterocycles. The van der Waals surface area contributed by atoms with Gasteiger partial charge in [-0.3, -0.25) is 14.7 Å². The second kappa shape index (κ2) is 12.7. The maximum Gasteiger partial charge on any atom is 0.234 e.